The van der Waals surface area contributed by atoms with Crippen molar-refractivity contribution in [2.75, 3.05) is 14.2 Å². The van der Waals surface area contributed by atoms with Crippen LogP contribution >= 0.6 is 11.6 Å². The number of Topliss-reactive ketones (excluding diaryl/α,β-unsaturated/α-hetero) is 2. The largest absolute Gasteiger partial charge is 0.496 e. The molecule has 0 radical (unpaired) electrons. The summed E-state index contributed by atoms with van der Waals surface area (Å²) >= 11 is 6.55. The van der Waals surface area contributed by atoms with E-state index in [1.165, 1.54) is 20.3 Å². The number of rotatable bonds is 6. The van der Waals surface area contributed by atoms with E-state index in [9.17, 15) is 14.4 Å². The highest BCUT2D eigenvalue weighted by Crippen LogP contribution is 2.55. The molecule has 41 heavy (non-hydrogen) atoms. The van der Waals surface area contributed by atoms with E-state index >= 15 is 0 Å². The Morgan fingerprint density at radius 1 is 1.02 bits per heavy atom. The monoisotopic (exact) mass is 574 g/mol. The summed E-state index contributed by atoms with van der Waals surface area (Å²) in [5, 5.41) is 2.96. The van der Waals surface area contributed by atoms with E-state index < -0.39 is 29.0 Å². The molecule has 210 valence electrons. The number of carbonyl (C=O) groups excluding carboxylic acids is 3. The normalized spacial score (nSPS) is 23.1. The molecule has 0 fully saturated rings. The molecule has 1 N–H and O–H groups in total. The molecule has 0 saturated heterocycles. The van der Waals surface area contributed by atoms with Crippen LogP contribution in [0.3, 0.4) is 0 Å². The van der Waals surface area contributed by atoms with Gasteiger partial charge in [-0.3, -0.25) is 19.4 Å². The zero-order valence-corrected chi connectivity index (χ0v) is 23.4. The van der Waals surface area contributed by atoms with Gasteiger partial charge in [-0.15, -0.1) is 0 Å². The lowest BCUT2D eigenvalue weighted by atomic mass is 9.66. The predicted molar refractivity (Wildman–Crippen MR) is 149 cm³/mol. The smallest absolute Gasteiger partial charge is 0.236 e. The van der Waals surface area contributed by atoms with Crippen LogP contribution in [0.1, 0.15) is 47.3 Å². The van der Waals surface area contributed by atoms with Crippen LogP contribution in [0.25, 0.3) is 0 Å². The summed E-state index contributed by atoms with van der Waals surface area (Å²) in [5.74, 6) is -1.24. The molecule has 1 aromatic heterocycles. The molecule has 1 aliphatic carbocycles. The van der Waals surface area contributed by atoms with Crippen LogP contribution in [0, 0.1) is 5.92 Å². The average Bonchev–Trinajstić information content (AvgIpc) is 3.30. The van der Waals surface area contributed by atoms with Gasteiger partial charge in [-0.1, -0.05) is 36.7 Å². The minimum atomic E-state index is -1.85. The Morgan fingerprint density at radius 2 is 1.78 bits per heavy atom. The number of benzene rings is 2. The van der Waals surface area contributed by atoms with Crippen LogP contribution in [0.15, 0.2) is 66.0 Å². The molecule has 1 spiro atoms. The van der Waals surface area contributed by atoms with Gasteiger partial charge in [-0.2, -0.15) is 0 Å². The zero-order valence-electron chi connectivity index (χ0n) is 22.7. The number of methoxy groups -OCH3 is 2. The maximum absolute atomic E-state index is 14.5. The van der Waals surface area contributed by atoms with Crippen LogP contribution in [0.5, 0.6) is 23.0 Å². The van der Waals surface area contributed by atoms with E-state index in [0.717, 1.165) is 11.3 Å². The second kappa shape index (κ2) is 10.2. The van der Waals surface area contributed by atoms with E-state index in [4.69, 9.17) is 30.5 Å². The Morgan fingerprint density at radius 3 is 2.46 bits per heavy atom. The summed E-state index contributed by atoms with van der Waals surface area (Å²) in [4.78, 5) is 45.6. The Balaban J connectivity index is 1.35. The van der Waals surface area contributed by atoms with E-state index in [0.29, 0.717) is 23.6 Å². The van der Waals surface area contributed by atoms with Gasteiger partial charge in [-0.05, 0) is 36.2 Å². The van der Waals surface area contributed by atoms with E-state index in [1.54, 1.807) is 25.3 Å². The number of aromatic nitrogens is 1. The Labute approximate surface area is 241 Å². The summed E-state index contributed by atoms with van der Waals surface area (Å²) in [6.45, 7) is 2.06. The maximum Gasteiger partial charge on any atom is 0.236 e. The van der Waals surface area contributed by atoms with Gasteiger partial charge in [0.15, 0.2) is 5.75 Å². The van der Waals surface area contributed by atoms with E-state index in [2.05, 4.69) is 10.3 Å². The van der Waals surface area contributed by atoms with Crippen LogP contribution in [0.4, 0.5) is 0 Å². The zero-order chi connectivity index (χ0) is 28.9. The first-order chi connectivity index (χ1) is 19.8. The highest BCUT2D eigenvalue weighted by Gasteiger charge is 2.63. The summed E-state index contributed by atoms with van der Waals surface area (Å²) in [7, 11) is 2.86. The van der Waals surface area contributed by atoms with Crippen molar-refractivity contribution in [2.24, 2.45) is 5.92 Å². The molecule has 3 unspecified atom stereocenters. The van der Waals surface area contributed by atoms with E-state index in [1.807, 2.05) is 30.3 Å². The van der Waals surface area contributed by atoms with Crippen LogP contribution in [-0.2, 0) is 16.2 Å². The van der Waals surface area contributed by atoms with Crippen LogP contribution < -0.4 is 24.3 Å². The number of ketones is 2. The lowest BCUT2D eigenvalue weighted by Crippen LogP contribution is -2.59. The Bertz CT molecular complexity index is 1600. The molecule has 2 aromatic carbocycles. The van der Waals surface area contributed by atoms with Crippen molar-refractivity contribution in [1.82, 2.24) is 10.3 Å². The number of carbonyl (C=O) groups is 3. The second-order valence-corrected chi connectivity index (χ2v) is 10.7. The van der Waals surface area contributed by atoms with Crippen molar-refractivity contribution in [2.45, 2.75) is 37.9 Å². The first-order valence-corrected chi connectivity index (χ1v) is 13.5. The predicted octanol–water partition coefficient (Wildman–Crippen LogP) is 4.81. The van der Waals surface area contributed by atoms with Gasteiger partial charge in [0.25, 0.3) is 0 Å². The standard InChI is InChI=1S/C31H27ClN2O7/c1-16-12-21-25(29(36)31(16)30(37)26-22(38-2)14-23(39-3)27(32)28(26)41-31)20(13-24(35)34-21)17-7-9-19(10-8-17)40-15-18-6-4-5-11-33-18/h4-11,14,16,20H,12-13,15H2,1-3H3,(H,34,35). The molecule has 10 heteroatoms. The van der Waals surface area contributed by atoms with Gasteiger partial charge < -0.3 is 24.3 Å². The summed E-state index contributed by atoms with van der Waals surface area (Å²) in [6.07, 6.45) is 2.00. The maximum atomic E-state index is 14.5. The molecule has 0 saturated carbocycles. The number of hydrogen-bond acceptors (Lipinski definition) is 8. The topological polar surface area (TPSA) is 113 Å². The van der Waals surface area contributed by atoms with Crippen molar-refractivity contribution in [3.63, 3.8) is 0 Å². The quantitative estimate of drug-likeness (QED) is 0.417. The molecule has 6 rings (SSSR count). The molecule has 3 atom stereocenters. The Kier molecular flexibility index (Phi) is 6.69. The van der Waals surface area contributed by atoms with Crippen molar-refractivity contribution in [3.05, 3.63) is 87.8 Å². The molecule has 3 aromatic rings. The number of ether oxygens (including phenoxy) is 4. The van der Waals surface area contributed by atoms with Gasteiger partial charge in [0.2, 0.25) is 23.1 Å². The third-order valence-electron chi connectivity index (χ3n) is 7.95. The number of nitrogens with zero attached hydrogens (tertiary/aromatic N) is 1. The lowest BCUT2D eigenvalue weighted by molar-refractivity contribution is -0.131. The number of allylic oxidation sites excluding steroid dienone is 1. The van der Waals surface area contributed by atoms with Gasteiger partial charge in [-0.25, -0.2) is 0 Å². The van der Waals surface area contributed by atoms with Gasteiger partial charge in [0, 0.05) is 41.8 Å². The number of halogens is 1. The highest BCUT2D eigenvalue weighted by atomic mass is 35.5. The van der Waals surface area contributed by atoms with Gasteiger partial charge in [0.05, 0.1) is 19.9 Å². The fourth-order valence-corrected chi connectivity index (χ4v) is 6.18. The van der Waals surface area contributed by atoms with Crippen molar-refractivity contribution >= 4 is 29.1 Å². The molecule has 3 heterocycles. The number of hydrogen-bond donors (Lipinski definition) is 1. The van der Waals surface area contributed by atoms with Crippen molar-refractivity contribution in [1.29, 1.82) is 0 Å². The summed E-state index contributed by atoms with van der Waals surface area (Å²) in [5.41, 5.74) is 0.653. The molecule has 0 bridgehead atoms. The molecule has 3 aliphatic rings. The summed E-state index contributed by atoms with van der Waals surface area (Å²) < 4.78 is 22.9. The van der Waals surface area contributed by atoms with E-state index in [-0.39, 0.29) is 46.6 Å². The first kappa shape index (κ1) is 26.8. The summed E-state index contributed by atoms with van der Waals surface area (Å²) in [6, 6.07) is 14.3. The third kappa shape index (κ3) is 4.23. The molecular formula is C31H27ClN2O7. The van der Waals surface area contributed by atoms with Gasteiger partial charge in [0.1, 0.15) is 34.4 Å². The highest BCUT2D eigenvalue weighted by molar-refractivity contribution is 6.36. The van der Waals surface area contributed by atoms with Crippen LogP contribution in [-0.4, -0.2) is 42.3 Å². The minimum absolute atomic E-state index is 0.0439. The Hall–Kier alpha value is -4.37. The third-order valence-corrected chi connectivity index (χ3v) is 8.31. The number of fused-ring (bicyclic) bond motifs is 1. The second-order valence-electron chi connectivity index (χ2n) is 10.3. The minimum Gasteiger partial charge on any atom is -0.496 e. The first-order valence-electron chi connectivity index (χ1n) is 13.2. The molecule has 2 aliphatic heterocycles. The number of pyridine rings is 1. The lowest BCUT2D eigenvalue weighted by Gasteiger charge is -2.41. The molecular weight excluding hydrogens is 548 g/mol. The average molecular weight is 575 g/mol. The fraction of sp³-hybridized carbons (Fsp3) is 0.290. The van der Waals surface area contributed by atoms with Gasteiger partial charge >= 0.3 is 0 Å². The number of nitrogens with one attached hydrogen (secondary N) is 1. The molecule has 1 amide bonds. The SMILES string of the molecule is COc1cc(OC)c2c(c1Cl)OC1(C(=O)C3=C(CC1C)NC(=O)CC3c1ccc(OCc3ccccn3)cc1)C2=O. The van der Waals surface area contributed by atoms with Crippen molar-refractivity contribution in [3.8, 4) is 23.0 Å². The van der Waals surface area contributed by atoms with Crippen LogP contribution in [0.2, 0.25) is 5.02 Å². The molecule has 9 nitrogen and oxygen atoms in total. The number of amides is 1. The van der Waals surface area contributed by atoms with Crippen molar-refractivity contribution < 1.29 is 33.3 Å². The fourth-order valence-electron chi connectivity index (χ4n) is 5.91.